The summed E-state index contributed by atoms with van der Waals surface area (Å²) in [5.41, 5.74) is 0.545. The molecule has 1 saturated carbocycles. The molecular weight excluding hydrogens is 138 g/mol. The third kappa shape index (κ3) is 1.07. The predicted molar refractivity (Wildman–Crippen MR) is 28.2 cm³/mol. The van der Waals surface area contributed by atoms with E-state index in [2.05, 4.69) is 0 Å². The van der Waals surface area contributed by atoms with Crippen molar-refractivity contribution in [3.8, 4) is 0 Å². The fraction of sp³-hybridized carbons (Fsp3) is 0.500. The lowest BCUT2D eigenvalue weighted by Crippen LogP contribution is -1.59. The highest BCUT2D eigenvalue weighted by Crippen LogP contribution is 2.38. The van der Waals surface area contributed by atoms with Gasteiger partial charge in [0, 0.05) is 6.42 Å². The molecule has 0 aromatic heterocycles. The Morgan fingerprint density at radius 2 is 2.14 bits per heavy atom. The fourth-order valence-electron chi connectivity index (χ4n) is 0.330. The average Bonchev–Trinajstić information content (AvgIpc) is 2.17. The summed E-state index contributed by atoms with van der Waals surface area (Å²) in [5, 5.41) is 0. The van der Waals surface area contributed by atoms with E-state index in [0.29, 0.717) is 12.0 Å². The summed E-state index contributed by atoms with van der Waals surface area (Å²) in [6.45, 7) is 0. The molecule has 0 amide bonds. The van der Waals surface area contributed by atoms with Crippen LogP contribution in [-0.2, 0) is 0 Å². The van der Waals surface area contributed by atoms with Crippen LogP contribution in [0.15, 0.2) is 10.1 Å². The molecule has 40 valence electrons. The van der Waals surface area contributed by atoms with Crippen LogP contribution in [0.2, 0.25) is 0 Å². The van der Waals surface area contributed by atoms with E-state index in [1.807, 2.05) is 0 Å². The van der Waals surface area contributed by atoms with E-state index in [9.17, 15) is 4.39 Å². The lowest BCUT2D eigenvalue weighted by Gasteiger charge is -1.71. The smallest absolute Gasteiger partial charge is 0.128 e. The van der Waals surface area contributed by atoms with Crippen molar-refractivity contribution in [2.45, 2.75) is 12.6 Å². The zero-order valence-corrected chi connectivity index (χ0v) is 4.93. The molecule has 1 atom stereocenters. The highest BCUT2D eigenvalue weighted by molar-refractivity contribution is 6.56. The number of alkyl halides is 1. The van der Waals surface area contributed by atoms with Gasteiger partial charge in [-0.15, -0.1) is 0 Å². The van der Waals surface area contributed by atoms with Gasteiger partial charge in [-0.25, -0.2) is 4.39 Å². The monoisotopic (exact) mass is 140 g/mol. The minimum absolute atomic E-state index is 0.104. The van der Waals surface area contributed by atoms with E-state index < -0.39 is 6.17 Å². The van der Waals surface area contributed by atoms with Crippen LogP contribution in [0.4, 0.5) is 4.39 Å². The highest BCUT2D eigenvalue weighted by atomic mass is 35.5. The molecule has 0 spiro atoms. The van der Waals surface area contributed by atoms with Gasteiger partial charge >= 0.3 is 0 Å². The molecular formula is C4H3Cl2F. The topological polar surface area (TPSA) is 0 Å². The van der Waals surface area contributed by atoms with Gasteiger partial charge in [0.05, 0.1) is 0 Å². The largest absolute Gasteiger partial charge is 0.242 e. The Kier molecular flexibility index (Phi) is 1.26. The summed E-state index contributed by atoms with van der Waals surface area (Å²) in [6.07, 6.45) is -0.410. The minimum Gasteiger partial charge on any atom is -0.242 e. The van der Waals surface area contributed by atoms with Crippen molar-refractivity contribution in [3.05, 3.63) is 10.1 Å². The summed E-state index contributed by atoms with van der Waals surface area (Å²) >= 11 is 10.4. The predicted octanol–water partition coefficient (Wildman–Crippen LogP) is 2.42. The summed E-state index contributed by atoms with van der Waals surface area (Å²) < 4.78 is 11.9. The van der Waals surface area contributed by atoms with Gasteiger partial charge in [0.25, 0.3) is 0 Å². The second-order valence-electron chi connectivity index (χ2n) is 1.46. The van der Waals surface area contributed by atoms with Gasteiger partial charge in [0.1, 0.15) is 10.7 Å². The number of halogens is 3. The van der Waals surface area contributed by atoms with Crippen LogP contribution in [0.1, 0.15) is 6.42 Å². The first kappa shape index (κ1) is 5.39. The van der Waals surface area contributed by atoms with Gasteiger partial charge < -0.3 is 0 Å². The van der Waals surface area contributed by atoms with Crippen LogP contribution in [0.3, 0.4) is 0 Å². The molecule has 1 unspecified atom stereocenters. The van der Waals surface area contributed by atoms with Crippen molar-refractivity contribution in [2.24, 2.45) is 0 Å². The Morgan fingerprint density at radius 1 is 1.71 bits per heavy atom. The Morgan fingerprint density at radius 3 is 2.14 bits per heavy atom. The first-order valence-electron chi connectivity index (χ1n) is 1.90. The molecule has 0 bridgehead atoms. The highest BCUT2D eigenvalue weighted by Gasteiger charge is 2.31. The zero-order valence-electron chi connectivity index (χ0n) is 3.42. The van der Waals surface area contributed by atoms with Gasteiger partial charge in [0.15, 0.2) is 0 Å². The maximum Gasteiger partial charge on any atom is 0.128 e. The molecule has 0 heterocycles. The quantitative estimate of drug-likeness (QED) is 0.485. The molecule has 7 heavy (non-hydrogen) atoms. The van der Waals surface area contributed by atoms with Crippen LogP contribution < -0.4 is 0 Å². The summed E-state index contributed by atoms with van der Waals surface area (Å²) in [5.74, 6) is 0. The van der Waals surface area contributed by atoms with Crippen LogP contribution in [0.5, 0.6) is 0 Å². The molecule has 0 aromatic rings. The van der Waals surface area contributed by atoms with Crippen LogP contribution in [0, 0.1) is 0 Å². The molecule has 0 saturated heterocycles. The molecule has 0 N–H and O–H groups in total. The van der Waals surface area contributed by atoms with Crippen molar-refractivity contribution < 1.29 is 4.39 Å². The first-order chi connectivity index (χ1) is 3.22. The van der Waals surface area contributed by atoms with E-state index in [-0.39, 0.29) is 4.49 Å². The second kappa shape index (κ2) is 1.64. The van der Waals surface area contributed by atoms with Gasteiger partial charge in [-0.1, -0.05) is 23.2 Å². The molecule has 0 aromatic carbocycles. The lowest BCUT2D eigenvalue weighted by molar-refractivity contribution is 0.495. The van der Waals surface area contributed by atoms with Gasteiger partial charge in [-0.2, -0.15) is 0 Å². The van der Waals surface area contributed by atoms with E-state index in [4.69, 9.17) is 23.2 Å². The van der Waals surface area contributed by atoms with Crippen molar-refractivity contribution >= 4 is 23.2 Å². The lowest BCUT2D eigenvalue weighted by atomic mass is 10.7. The van der Waals surface area contributed by atoms with E-state index in [0.717, 1.165) is 0 Å². The minimum atomic E-state index is -0.843. The fourth-order valence-corrected chi connectivity index (χ4v) is 0.721. The molecule has 1 aliphatic rings. The Balaban J connectivity index is 2.60. The summed E-state index contributed by atoms with van der Waals surface area (Å²) in [7, 11) is 0. The Bertz CT molecular complexity index is 115. The Hall–Kier alpha value is 0.250. The third-order valence-corrected chi connectivity index (χ3v) is 1.35. The standard InChI is InChI=1S/C4H3Cl2F/c5-4(6)2-1-3(2)7/h3H,1H2. The van der Waals surface area contributed by atoms with Gasteiger partial charge in [-0.3, -0.25) is 0 Å². The van der Waals surface area contributed by atoms with Crippen molar-refractivity contribution in [1.29, 1.82) is 0 Å². The number of rotatable bonds is 0. The number of hydrogen-bond acceptors (Lipinski definition) is 0. The number of hydrogen-bond donors (Lipinski definition) is 0. The normalized spacial score (nSPS) is 27.9. The summed E-state index contributed by atoms with van der Waals surface area (Å²) in [4.78, 5) is 0. The SMILES string of the molecule is FC1CC1=C(Cl)Cl. The summed E-state index contributed by atoms with van der Waals surface area (Å²) in [6, 6.07) is 0. The molecule has 0 radical (unpaired) electrons. The molecule has 1 rings (SSSR count). The van der Waals surface area contributed by atoms with Crippen LogP contribution in [0.25, 0.3) is 0 Å². The third-order valence-electron chi connectivity index (χ3n) is 0.860. The van der Waals surface area contributed by atoms with Gasteiger partial charge in [0.2, 0.25) is 0 Å². The van der Waals surface area contributed by atoms with Crippen LogP contribution in [-0.4, -0.2) is 6.17 Å². The van der Waals surface area contributed by atoms with Crippen molar-refractivity contribution in [2.75, 3.05) is 0 Å². The molecule has 0 nitrogen and oxygen atoms in total. The van der Waals surface area contributed by atoms with Crippen molar-refractivity contribution in [1.82, 2.24) is 0 Å². The number of allylic oxidation sites excluding steroid dienone is 1. The first-order valence-corrected chi connectivity index (χ1v) is 2.65. The second-order valence-corrected chi connectivity index (χ2v) is 2.41. The zero-order chi connectivity index (χ0) is 5.44. The van der Waals surface area contributed by atoms with E-state index in [1.54, 1.807) is 0 Å². The average molecular weight is 141 g/mol. The molecule has 1 fully saturated rings. The molecule has 1 aliphatic carbocycles. The van der Waals surface area contributed by atoms with Crippen LogP contribution >= 0.6 is 23.2 Å². The van der Waals surface area contributed by atoms with E-state index >= 15 is 0 Å². The Labute approximate surface area is 50.9 Å². The molecule has 3 heteroatoms. The maximum atomic E-state index is 11.8. The van der Waals surface area contributed by atoms with Gasteiger partial charge in [-0.05, 0) is 5.57 Å². The van der Waals surface area contributed by atoms with Crippen molar-refractivity contribution in [3.63, 3.8) is 0 Å². The molecule has 0 aliphatic heterocycles. The van der Waals surface area contributed by atoms with E-state index in [1.165, 1.54) is 0 Å². The maximum absolute atomic E-state index is 11.8.